The van der Waals surface area contributed by atoms with Gasteiger partial charge in [-0.3, -0.25) is 14.6 Å². The highest BCUT2D eigenvalue weighted by molar-refractivity contribution is 5.95. The largest absolute Gasteiger partial charge is 0.394 e. The summed E-state index contributed by atoms with van der Waals surface area (Å²) in [5.74, 6) is 2.00. The van der Waals surface area contributed by atoms with E-state index in [-0.39, 0.29) is 12.5 Å². The fraction of sp³-hybridized carbons (Fsp3) is 0.407. The molecule has 2 aliphatic rings. The van der Waals surface area contributed by atoms with E-state index in [2.05, 4.69) is 32.7 Å². The lowest BCUT2D eigenvalue weighted by Crippen LogP contribution is -2.49. The van der Waals surface area contributed by atoms with E-state index in [0.29, 0.717) is 23.7 Å². The Labute approximate surface area is 203 Å². The Morgan fingerprint density at radius 3 is 2.66 bits per heavy atom. The van der Waals surface area contributed by atoms with Gasteiger partial charge < -0.3 is 10.4 Å². The minimum absolute atomic E-state index is 0.0204. The fourth-order valence-electron chi connectivity index (χ4n) is 5.41. The number of aromatic amines is 1. The molecule has 0 atom stereocenters. The second kappa shape index (κ2) is 8.61. The van der Waals surface area contributed by atoms with E-state index in [9.17, 15) is 9.90 Å². The molecule has 0 unspecified atom stereocenters. The Kier molecular flexibility index (Phi) is 5.40. The van der Waals surface area contributed by atoms with Crippen molar-refractivity contribution in [1.82, 2.24) is 30.3 Å². The zero-order chi connectivity index (χ0) is 24.0. The molecule has 3 N–H and O–H groups in total. The van der Waals surface area contributed by atoms with Crippen molar-refractivity contribution in [2.45, 2.75) is 56.4 Å². The van der Waals surface area contributed by atoms with Crippen LogP contribution in [0.5, 0.6) is 0 Å². The minimum Gasteiger partial charge on any atom is -0.394 e. The van der Waals surface area contributed by atoms with E-state index in [1.54, 1.807) is 12.1 Å². The number of carbonyl (C=O) groups is 1. The van der Waals surface area contributed by atoms with Gasteiger partial charge in [-0.15, -0.1) is 0 Å². The first-order chi connectivity index (χ1) is 17.0. The first-order valence-electron chi connectivity index (χ1n) is 12.4. The highest BCUT2D eigenvalue weighted by Gasteiger charge is 2.35. The second-order valence-electron chi connectivity index (χ2n) is 10.1. The Bertz CT molecular complexity index is 1380. The minimum atomic E-state index is -0.480. The molecule has 0 radical (unpaired) electrons. The lowest BCUT2D eigenvalue weighted by Gasteiger charge is -2.28. The first kappa shape index (κ1) is 22.0. The summed E-state index contributed by atoms with van der Waals surface area (Å²) in [6.07, 6.45) is 8.80. The predicted octanol–water partition coefficient (Wildman–Crippen LogP) is 3.86. The fourth-order valence-corrected chi connectivity index (χ4v) is 5.41. The maximum atomic E-state index is 12.8. The number of nitrogens with zero attached hydrogens (tertiary/aromatic N) is 4. The molecule has 180 valence electrons. The average molecular weight is 471 g/mol. The molecule has 2 aliphatic carbocycles. The predicted molar refractivity (Wildman–Crippen MR) is 133 cm³/mol. The van der Waals surface area contributed by atoms with E-state index in [1.807, 2.05) is 30.1 Å². The van der Waals surface area contributed by atoms with Gasteiger partial charge in [-0.05, 0) is 60.9 Å². The van der Waals surface area contributed by atoms with Crippen LogP contribution in [0.25, 0.3) is 22.3 Å². The van der Waals surface area contributed by atoms with Gasteiger partial charge in [-0.1, -0.05) is 31.0 Å². The number of amides is 1. The third-order valence-corrected chi connectivity index (χ3v) is 7.59. The third kappa shape index (κ3) is 4.12. The number of H-pyrrole nitrogens is 1. The summed E-state index contributed by atoms with van der Waals surface area (Å²) in [5, 5.41) is 26.0. The molecule has 0 saturated heterocycles. The number of hydrogen-bond donors (Lipinski definition) is 3. The average Bonchev–Trinajstić information content (AvgIpc) is 3.24. The van der Waals surface area contributed by atoms with Gasteiger partial charge in [0.15, 0.2) is 5.82 Å². The highest BCUT2D eigenvalue weighted by atomic mass is 16.3. The van der Waals surface area contributed by atoms with Gasteiger partial charge in [-0.25, -0.2) is 4.98 Å². The molecule has 0 bridgehead atoms. The van der Waals surface area contributed by atoms with Crippen LogP contribution in [0.4, 0.5) is 0 Å². The van der Waals surface area contributed by atoms with Crippen molar-refractivity contribution in [2.24, 2.45) is 7.05 Å². The quantitative estimate of drug-likeness (QED) is 0.380. The molecular weight excluding hydrogens is 440 g/mol. The summed E-state index contributed by atoms with van der Waals surface area (Å²) in [6.45, 7) is -0.0204. The number of aliphatic hydroxyl groups is 1. The van der Waals surface area contributed by atoms with Crippen LogP contribution in [-0.4, -0.2) is 48.1 Å². The number of aliphatic hydroxyl groups excluding tert-OH is 1. The zero-order valence-electron chi connectivity index (χ0n) is 19.9. The molecule has 35 heavy (non-hydrogen) atoms. The first-order valence-corrected chi connectivity index (χ1v) is 12.4. The maximum absolute atomic E-state index is 12.8. The van der Waals surface area contributed by atoms with Crippen LogP contribution < -0.4 is 5.32 Å². The lowest BCUT2D eigenvalue weighted by atomic mass is 9.96. The van der Waals surface area contributed by atoms with Crippen molar-refractivity contribution in [1.29, 1.82) is 0 Å². The monoisotopic (exact) mass is 470 g/mol. The van der Waals surface area contributed by atoms with Crippen molar-refractivity contribution >= 4 is 16.8 Å². The van der Waals surface area contributed by atoms with Crippen LogP contribution in [0.15, 0.2) is 42.6 Å². The normalized spacial score (nSPS) is 17.2. The van der Waals surface area contributed by atoms with Crippen LogP contribution in [-0.2, 0) is 13.5 Å². The van der Waals surface area contributed by atoms with E-state index >= 15 is 0 Å². The Morgan fingerprint density at radius 1 is 1.17 bits per heavy atom. The van der Waals surface area contributed by atoms with Crippen molar-refractivity contribution in [2.75, 3.05) is 6.61 Å². The second-order valence-corrected chi connectivity index (χ2v) is 10.1. The van der Waals surface area contributed by atoms with Gasteiger partial charge in [0.25, 0.3) is 5.91 Å². The number of hydrogen-bond acceptors (Lipinski definition) is 5. The molecule has 8 heteroatoms. The lowest BCUT2D eigenvalue weighted by molar-refractivity contribution is 0.0838. The van der Waals surface area contributed by atoms with Crippen LogP contribution >= 0.6 is 0 Å². The molecule has 4 aromatic rings. The van der Waals surface area contributed by atoms with Crippen LogP contribution in [0.2, 0.25) is 0 Å². The highest BCUT2D eigenvalue weighted by Crippen LogP contribution is 2.45. The molecule has 6 rings (SSSR count). The van der Waals surface area contributed by atoms with Gasteiger partial charge in [0.05, 0.1) is 23.9 Å². The molecule has 8 nitrogen and oxygen atoms in total. The number of aromatic nitrogens is 5. The van der Waals surface area contributed by atoms with Crippen molar-refractivity contribution in [3.63, 3.8) is 0 Å². The van der Waals surface area contributed by atoms with Gasteiger partial charge in [-0.2, -0.15) is 10.2 Å². The molecule has 2 heterocycles. The summed E-state index contributed by atoms with van der Waals surface area (Å²) in [7, 11) is 1.93. The molecule has 0 aliphatic heterocycles. The number of carbonyl (C=O) groups excluding carboxylic acids is 1. The Morgan fingerprint density at radius 2 is 1.94 bits per heavy atom. The summed E-state index contributed by atoms with van der Waals surface area (Å²) >= 11 is 0. The van der Waals surface area contributed by atoms with E-state index in [1.165, 1.54) is 29.4 Å². The molecular formula is C27H30N6O2. The van der Waals surface area contributed by atoms with E-state index < -0.39 is 5.54 Å². The maximum Gasteiger partial charge on any atom is 0.251 e. The van der Waals surface area contributed by atoms with Gasteiger partial charge >= 0.3 is 0 Å². The van der Waals surface area contributed by atoms with Gasteiger partial charge in [0, 0.05) is 30.0 Å². The van der Waals surface area contributed by atoms with Crippen LogP contribution in [0.1, 0.15) is 71.8 Å². The smallest absolute Gasteiger partial charge is 0.251 e. The topological polar surface area (TPSA) is 109 Å². The Balaban J connectivity index is 1.22. The molecule has 0 spiro atoms. The van der Waals surface area contributed by atoms with E-state index in [0.717, 1.165) is 42.6 Å². The number of benzene rings is 2. The van der Waals surface area contributed by atoms with Crippen molar-refractivity contribution in [3.8, 4) is 11.4 Å². The third-order valence-electron chi connectivity index (χ3n) is 7.59. The number of rotatable bonds is 7. The van der Waals surface area contributed by atoms with Crippen molar-refractivity contribution in [3.05, 3.63) is 65.1 Å². The van der Waals surface area contributed by atoms with E-state index in [4.69, 9.17) is 4.98 Å². The standard InChI is InChI=1S/C27H30N6O2/c1-33-23(14-20-10-11-22-21(15-28-31-22)24(20)17-4-5-17)29-25(32-33)18-6-8-19(9-7-18)26(35)30-27(16-34)12-2-3-13-27/h6-11,15,17,34H,2-5,12-14,16H2,1H3,(H,28,31)(H,30,35). The van der Waals surface area contributed by atoms with Crippen molar-refractivity contribution < 1.29 is 9.90 Å². The van der Waals surface area contributed by atoms with Crippen LogP contribution in [0.3, 0.4) is 0 Å². The summed E-state index contributed by atoms with van der Waals surface area (Å²) < 4.78 is 1.84. The summed E-state index contributed by atoms with van der Waals surface area (Å²) in [6, 6.07) is 11.7. The number of aryl methyl sites for hydroxylation is 1. The summed E-state index contributed by atoms with van der Waals surface area (Å²) in [5.41, 5.74) is 4.71. The van der Waals surface area contributed by atoms with Gasteiger partial charge in [0.1, 0.15) is 5.82 Å². The van der Waals surface area contributed by atoms with Crippen LogP contribution in [0, 0.1) is 0 Å². The van der Waals surface area contributed by atoms with Gasteiger partial charge in [0.2, 0.25) is 0 Å². The number of nitrogens with one attached hydrogen (secondary N) is 2. The molecule has 2 saturated carbocycles. The molecule has 1 amide bonds. The summed E-state index contributed by atoms with van der Waals surface area (Å²) in [4.78, 5) is 17.6. The number of fused-ring (bicyclic) bond motifs is 1. The molecule has 2 aromatic carbocycles. The zero-order valence-corrected chi connectivity index (χ0v) is 19.9. The molecule has 2 fully saturated rings. The SMILES string of the molecule is Cn1nc(-c2ccc(C(=O)NC3(CO)CCCC3)cc2)nc1Cc1ccc2[nH]ncc2c1C1CC1. The molecule has 2 aromatic heterocycles. The Hall–Kier alpha value is -3.52.